The van der Waals surface area contributed by atoms with E-state index in [9.17, 15) is 0 Å². The van der Waals surface area contributed by atoms with Crippen molar-refractivity contribution >= 4 is 0 Å². The van der Waals surface area contributed by atoms with E-state index in [0.717, 1.165) is 6.61 Å². The predicted molar refractivity (Wildman–Crippen MR) is 43.0 cm³/mol. The van der Waals surface area contributed by atoms with Gasteiger partial charge in [0.25, 0.3) is 0 Å². The van der Waals surface area contributed by atoms with E-state index in [-0.39, 0.29) is 6.10 Å². The summed E-state index contributed by atoms with van der Waals surface area (Å²) < 4.78 is 5.45. The van der Waals surface area contributed by atoms with Crippen LogP contribution in [0.4, 0.5) is 0 Å². The van der Waals surface area contributed by atoms with Crippen LogP contribution in [0, 0.1) is 0 Å². The fourth-order valence-corrected chi connectivity index (χ4v) is 1.45. The summed E-state index contributed by atoms with van der Waals surface area (Å²) in [5.41, 5.74) is 8.06. The topological polar surface area (TPSA) is 35.2 Å². The highest BCUT2D eigenvalue weighted by Gasteiger charge is 2.20. The number of hydrogen-bond acceptors (Lipinski definition) is 2. The van der Waals surface area contributed by atoms with Gasteiger partial charge in [0.15, 0.2) is 0 Å². The first-order valence-corrected chi connectivity index (χ1v) is 3.81. The van der Waals surface area contributed by atoms with Crippen LogP contribution in [-0.2, 0) is 11.3 Å². The second kappa shape index (κ2) is 2.64. The standard InChI is InChI=1S/C9H11NO/c10-5-9-8-4-2-1-3-7(8)6-11-9/h1-4,9H,5-6,10H2. The summed E-state index contributed by atoms with van der Waals surface area (Å²) in [7, 11) is 0. The van der Waals surface area contributed by atoms with Crippen LogP contribution in [0.1, 0.15) is 17.2 Å². The number of fused-ring (bicyclic) bond motifs is 1. The number of rotatable bonds is 1. The van der Waals surface area contributed by atoms with Gasteiger partial charge in [0.1, 0.15) is 0 Å². The second-order valence-electron chi connectivity index (χ2n) is 2.73. The summed E-state index contributed by atoms with van der Waals surface area (Å²) in [5.74, 6) is 0. The summed E-state index contributed by atoms with van der Waals surface area (Å²) in [5, 5.41) is 0. The lowest BCUT2D eigenvalue weighted by molar-refractivity contribution is 0.0723. The molecule has 0 fully saturated rings. The Balaban J connectivity index is 2.39. The molecule has 0 aromatic heterocycles. The molecule has 1 unspecified atom stereocenters. The Morgan fingerprint density at radius 2 is 2.27 bits per heavy atom. The summed E-state index contributed by atoms with van der Waals surface area (Å²) in [6, 6.07) is 8.22. The molecule has 0 radical (unpaired) electrons. The lowest BCUT2D eigenvalue weighted by Gasteiger charge is -2.05. The summed E-state index contributed by atoms with van der Waals surface area (Å²) in [6.07, 6.45) is 0.131. The Morgan fingerprint density at radius 3 is 3.09 bits per heavy atom. The monoisotopic (exact) mass is 149 g/mol. The Bertz CT molecular complexity index is 259. The molecule has 11 heavy (non-hydrogen) atoms. The van der Waals surface area contributed by atoms with Crippen molar-refractivity contribution in [1.82, 2.24) is 0 Å². The van der Waals surface area contributed by atoms with E-state index in [2.05, 4.69) is 12.1 Å². The molecule has 0 saturated heterocycles. The van der Waals surface area contributed by atoms with E-state index in [4.69, 9.17) is 10.5 Å². The van der Waals surface area contributed by atoms with Gasteiger partial charge in [-0.2, -0.15) is 0 Å². The maximum Gasteiger partial charge on any atom is 0.0955 e. The van der Waals surface area contributed by atoms with E-state index in [1.165, 1.54) is 11.1 Å². The molecule has 0 aliphatic carbocycles. The van der Waals surface area contributed by atoms with Gasteiger partial charge in [-0.25, -0.2) is 0 Å². The molecule has 1 aromatic carbocycles. The minimum Gasteiger partial charge on any atom is -0.368 e. The molecule has 0 bridgehead atoms. The van der Waals surface area contributed by atoms with Crippen molar-refractivity contribution in [3.63, 3.8) is 0 Å². The maximum absolute atomic E-state index is 5.52. The molecule has 58 valence electrons. The van der Waals surface area contributed by atoms with Crippen molar-refractivity contribution in [2.75, 3.05) is 6.54 Å². The summed E-state index contributed by atoms with van der Waals surface area (Å²) >= 11 is 0. The molecular weight excluding hydrogens is 138 g/mol. The minimum atomic E-state index is 0.131. The SMILES string of the molecule is NCC1OCc2ccccc21. The fraction of sp³-hybridized carbons (Fsp3) is 0.333. The second-order valence-corrected chi connectivity index (χ2v) is 2.73. The third-order valence-electron chi connectivity index (χ3n) is 2.06. The van der Waals surface area contributed by atoms with Crippen molar-refractivity contribution < 1.29 is 4.74 Å². The van der Waals surface area contributed by atoms with Crippen molar-refractivity contribution in [2.45, 2.75) is 12.7 Å². The van der Waals surface area contributed by atoms with Crippen LogP contribution in [0.2, 0.25) is 0 Å². The molecule has 1 aliphatic rings. The zero-order valence-electron chi connectivity index (χ0n) is 6.29. The van der Waals surface area contributed by atoms with Gasteiger partial charge in [-0.1, -0.05) is 24.3 Å². The zero-order chi connectivity index (χ0) is 7.68. The van der Waals surface area contributed by atoms with Crippen molar-refractivity contribution in [3.05, 3.63) is 35.4 Å². The highest BCUT2D eigenvalue weighted by atomic mass is 16.5. The number of ether oxygens (including phenoxy) is 1. The van der Waals surface area contributed by atoms with E-state index in [1.807, 2.05) is 12.1 Å². The van der Waals surface area contributed by atoms with Crippen LogP contribution < -0.4 is 5.73 Å². The van der Waals surface area contributed by atoms with Crippen LogP contribution in [0.15, 0.2) is 24.3 Å². The first-order chi connectivity index (χ1) is 5.42. The normalized spacial score (nSPS) is 21.7. The van der Waals surface area contributed by atoms with Gasteiger partial charge < -0.3 is 10.5 Å². The smallest absolute Gasteiger partial charge is 0.0955 e. The lowest BCUT2D eigenvalue weighted by Crippen LogP contribution is -2.10. The third kappa shape index (κ3) is 1.04. The molecule has 0 amide bonds. The molecular formula is C9H11NO. The van der Waals surface area contributed by atoms with E-state index in [0.29, 0.717) is 6.54 Å². The zero-order valence-corrected chi connectivity index (χ0v) is 6.29. The molecule has 1 aliphatic heterocycles. The molecule has 0 saturated carbocycles. The Labute approximate surface area is 66.0 Å². The minimum absolute atomic E-state index is 0.131. The largest absolute Gasteiger partial charge is 0.368 e. The third-order valence-corrected chi connectivity index (χ3v) is 2.06. The van der Waals surface area contributed by atoms with Crippen LogP contribution in [0.5, 0.6) is 0 Å². The molecule has 1 aromatic rings. The fourth-order valence-electron chi connectivity index (χ4n) is 1.45. The average molecular weight is 149 g/mol. The number of nitrogens with two attached hydrogens (primary N) is 1. The maximum atomic E-state index is 5.52. The van der Waals surface area contributed by atoms with Crippen LogP contribution >= 0.6 is 0 Å². The van der Waals surface area contributed by atoms with Crippen molar-refractivity contribution in [2.24, 2.45) is 5.73 Å². The van der Waals surface area contributed by atoms with Gasteiger partial charge in [-0.15, -0.1) is 0 Å². The molecule has 1 heterocycles. The van der Waals surface area contributed by atoms with Gasteiger partial charge in [0, 0.05) is 6.54 Å². The predicted octanol–water partition coefficient (Wildman–Crippen LogP) is 1.22. The molecule has 2 N–H and O–H groups in total. The Hall–Kier alpha value is -0.860. The molecule has 2 nitrogen and oxygen atoms in total. The number of hydrogen-bond donors (Lipinski definition) is 1. The molecule has 0 spiro atoms. The lowest BCUT2D eigenvalue weighted by atomic mass is 10.1. The highest BCUT2D eigenvalue weighted by molar-refractivity contribution is 5.31. The van der Waals surface area contributed by atoms with Crippen molar-refractivity contribution in [3.8, 4) is 0 Å². The van der Waals surface area contributed by atoms with Gasteiger partial charge in [0.05, 0.1) is 12.7 Å². The van der Waals surface area contributed by atoms with Gasteiger partial charge in [-0.05, 0) is 11.1 Å². The Kier molecular flexibility index (Phi) is 1.64. The summed E-state index contributed by atoms with van der Waals surface area (Å²) in [6.45, 7) is 1.30. The average Bonchev–Trinajstić information content (AvgIpc) is 2.47. The first kappa shape index (κ1) is 6.83. The van der Waals surface area contributed by atoms with Crippen LogP contribution in [-0.4, -0.2) is 6.54 Å². The van der Waals surface area contributed by atoms with Crippen LogP contribution in [0.3, 0.4) is 0 Å². The van der Waals surface area contributed by atoms with Crippen LogP contribution in [0.25, 0.3) is 0 Å². The quantitative estimate of drug-likeness (QED) is 0.651. The summed E-state index contributed by atoms with van der Waals surface area (Å²) in [4.78, 5) is 0. The van der Waals surface area contributed by atoms with Crippen molar-refractivity contribution in [1.29, 1.82) is 0 Å². The van der Waals surface area contributed by atoms with Gasteiger partial charge in [0.2, 0.25) is 0 Å². The van der Waals surface area contributed by atoms with E-state index < -0.39 is 0 Å². The van der Waals surface area contributed by atoms with E-state index >= 15 is 0 Å². The van der Waals surface area contributed by atoms with E-state index in [1.54, 1.807) is 0 Å². The molecule has 2 heteroatoms. The number of benzene rings is 1. The molecule has 1 atom stereocenters. The van der Waals surface area contributed by atoms with Gasteiger partial charge >= 0.3 is 0 Å². The molecule has 2 rings (SSSR count). The Morgan fingerprint density at radius 1 is 1.45 bits per heavy atom. The first-order valence-electron chi connectivity index (χ1n) is 3.81. The highest BCUT2D eigenvalue weighted by Crippen LogP contribution is 2.28. The van der Waals surface area contributed by atoms with Gasteiger partial charge in [-0.3, -0.25) is 0 Å².